The van der Waals surface area contributed by atoms with Crippen LogP contribution >= 0.6 is 11.3 Å². The third-order valence-corrected chi connectivity index (χ3v) is 5.71. The highest BCUT2D eigenvalue weighted by Gasteiger charge is 2.33. The van der Waals surface area contributed by atoms with Crippen molar-refractivity contribution in [2.45, 2.75) is 19.9 Å². The molecule has 7 nitrogen and oxygen atoms in total. The van der Waals surface area contributed by atoms with Gasteiger partial charge in [-0.1, -0.05) is 23.5 Å². The molecular formula is C21H19FN4O3S. The van der Waals surface area contributed by atoms with Gasteiger partial charge in [0.1, 0.15) is 5.82 Å². The number of ether oxygens (including phenoxy) is 1. The first-order valence-corrected chi connectivity index (χ1v) is 10.1. The SMILES string of the molecule is CCOC(=O)C1=C(C)N=c2s/c(=C/c3cnn(C)c3)c(=O)n2C1c1ccc(F)cc1. The summed E-state index contributed by atoms with van der Waals surface area (Å²) < 4.78 is 22.3. The predicted molar refractivity (Wildman–Crippen MR) is 110 cm³/mol. The Bertz CT molecular complexity index is 1330. The normalized spacial score (nSPS) is 16.4. The molecule has 0 bridgehead atoms. The Labute approximate surface area is 175 Å². The number of thiazole rings is 1. The summed E-state index contributed by atoms with van der Waals surface area (Å²) in [4.78, 5) is 31.0. The number of aryl methyl sites for hydroxylation is 1. The molecule has 0 saturated carbocycles. The lowest BCUT2D eigenvalue weighted by Crippen LogP contribution is -2.39. The number of hydrogen-bond donors (Lipinski definition) is 0. The highest BCUT2D eigenvalue weighted by atomic mass is 32.1. The van der Waals surface area contributed by atoms with Crippen LogP contribution in [0.25, 0.3) is 6.08 Å². The van der Waals surface area contributed by atoms with Crippen LogP contribution in [0.2, 0.25) is 0 Å². The molecule has 1 aromatic carbocycles. The molecule has 3 heterocycles. The van der Waals surface area contributed by atoms with Crippen LogP contribution in [0.4, 0.5) is 4.39 Å². The van der Waals surface area contributed by atoms with Crippen molar-refractivity contribution in [2.24, 2.45) is 12.0 Å². The highest BCUT2D eigenvalue weighted by Crippen LogP contribution is 2.30. The van der Waals surface area contributed by atoms with Crippen molar-refractivity contribution in [3.63, 3.8) is 0 Å². The van der Waals surface area contributed by atoms with Crippen molar-refractivity contribution < 1.29 is 13.9 Å². The summed E-state index contributed by atoms with van der Waals surface area (Å²) in [7, 11) is 1.79. The fourth-order valence-corrected chi connectivity index (χ4v) is 4.46. The molecule has 154 valence electrons. The lowest BCUT2D eigenvalue weighted by Gasteiger charge is -2.24. The van der Waals surface area contributed by atoms with Crippen LogP contribution in [0.3, 0.4) is 0 Å². The predicted octanol–water partition coefficient (Wildman–Crippen LogP) is 1.67. The average molecular weight is 426 g/mol. The zero-order valence-corrected chi connectivity index (χ0v) is 17.4. The second-order valence-electron chi connectivity index (χ2n) is 6.80. The quantitative estimate of drug-likeness (QED) is 0.595. The summed E-state index contributed by atoms with van der Waals surface area (Å²) in [5.41, 5.74) is 1.83. The van der Waals surface area contributed by atoms with Gasteiger partial charge in [-0.3, -0.25) is 14.0 Å². The molecule has 1 aliphatic rings. The van der Waals surface area contributed by atoms with Crippen LogP contribution in [0.5, 0.6) is 0 Å². The minimum atomic E-state index is -0.753. The first-order chi connectivity index (χ1) is 14.4. The van der Waals surface area contributed by atoms with Gasteiger partial charge in [-0.25, -0.2) is 14.2 Å². The van der Waals surface area contributed by atoms with Crippen LogP contribution < -0.4 is 14.9 Å². The van der Waals surface area contributed by atoms with Crippen molar-refractivity contribution in [2.75, 3.05) is 6.61 Å². The van der Waals surface area contributed by atoms with E-state index in [4.69, 9.17) is 4.74 Å². The maximum Gasteiger partial charge on any atom is 0.338 e. The molecule has 0 N–H and O–H groups in total. The Balaban J connectivity index is 1.96. The third-order valence-electron chi connectivity index (χ3n) is 4.73. The zero-order valence-electron chi connectivity index (χ0n) is 16.6. The van der Waals surface area contributed by atoms with Crippen LogP contribution in [-0.4, -0.2) is 26.9 Å². The van der Waals surface area contributed by atoms with Gasteiger partial charge < -0.3 is 4.74 Å². The van der Waals surface area contributed by atoms with Gasteiger partial charge >= 0.3 is 5.97 Å². The maximum atomic E-state index is 13.5. The molecule has 0 spiro atoms. The number of carbonyl (C=O) groups excluding carboxylic acids is 1. The monoisotopic (exact) mass is 426 g/mol. The summed E-state index contributed by atoms with van der Waals surface area (Å²) >= 11 is 1.23. The second-order valence-corrected chi connectivity index (χ2v) is 7.81. The summed E-state index contributed by atoms with van der Waals surface area (Å²) in [5.74, 6) is -0.948. The Morgan fingerprint density at radius 2 is 2.07 bits per heavy atom. The fraction of sp³-hybridized carbons (Fsp3) is 0.238. The van der Waals surface area contributed by atoms with Gasteiger partial charge in [0.05, 0.1) is 34.6 Å². The topological polar surface area (TPSA) is 78.5 Å². The van der Waals surface area contributed by atoms with Crippen LogP contribution in [0.15, 0.2) is 57.7 Å². The summed E-state index contributed by atoms with van der Waals surface area (Å²) in [5, 5.41) is 4.12. The first-order valence-electron chi connectivity index (χ1n) is 9.33. The van der Waals surface area contributed by atoms with Crippen LogP contribution in [0.1, 0.15) is 31.0 Å². The molecule has 0 fully saturated rings. The van der Waals surface area contributed by atoms with E-state index in [9.17, 15) is 14.0 Å². The molecule has 1 unspecified atom stereocenters. The molecule has 0 saturated heterocycles. The Morgan fingerprint density at radius 1 is 1.33 bits per heavy atom. The van der Waals surface area contributed by atoms with Gasteiger partial charge in [-0.2, -0.15) is 5.10 Å². The Morgan fingerprint density at radius 3 is 2.70 bits per heavy atom. The van der Waals surface area contributed by atoms with Crippen LogP contribution in [-0.2, 0) is 16.6 Å². The fourth-order valence-electron chi connectivity index (χ4n) is 3.42. The lowest BCUT2D eigenvalue weighted by atomic mass is 9.96. The number of benzene rings is 1. The van der Waals surface area contributed by atoms with Gasteiger partial charge in [-0.05, 0) is 37.6 Å². The van der Waals surface area contributed by atoms with Gasteiger partial charge in [0, 0.05) is 18.8 Å². The minimum Gasteiger partial charge on any atom is -0.463 e. The standard InChI is InChI=1S/C21H19FN4O3S/c1-4-29-20(28)17-12(2)24-21-26(18(17)14-5-7-15(22)8-6-14)19(27)16(30-21)9-13-10-23-25(3)11-13/h5-11,18H,4H2,1-3H3/b16-9+. The van der Waals surface area contributed by atoms with Gasteiger partial charge in [0.2, 0.25) is 0 Å². The van der Waals surface area contributed by atoms with Gasteiger partial charge in [0.25, 0.3) is 5.56 Å². The minimum absolute atomic E-state index is 0.192. The van der Waals surface area contributed by atoms with Crippen molar-refractivity contribution in [3.8, 4) is 0 Å². The lowest BCUT2D eigenvalue weighted by molar-refractivity contribution is -0.139. The Kier molecular flexibility index (Phi) is 5.21. The molecule has 0 radical (unpaired) electrons. The van der Waals surface area contributed by atoms with E-state index in [0.29, 0.717) is 20.6 Å². The van der Waals surface area contributed by atoms with E-state index in [2.05, 4.69) is 10.1 Å². The van der Waals surface area contributed by atoms with E-state index in [0.717, 1.165) is 5.56 Å². The second kappa shape index (κ2) is 7.83. The number of esters is 1. The largest absolute Gasteiger partial charge is 0.463 e. The highest BCUT2D eigenvalue weighted by molar-refractivity contribution is 7.07. The molecule has 1 aliphatic heterocycles. The number of hydrogen-bond acceptors (Lipinski definition) is 6. The number of halogens is 1. The van der Waals surface area contributed by atoms with Crippen molar-refractivity contribution in [1.82, 2.24) is 14.3 Å². The summed E-state index contributed by atoms with van der Waals surface area (Å²) in [6, 6.07) is 4.99. The Hall–Kier alpha value is -3.33. The van der Waals surface area contributed by atoms with E-state index in [-0.39, 0.29) is 17.7 Å². The van der Waals surface area contributed by atoms with Crippen molar-refractivity contribution in [3.05, 3.63) is 84.6 Å². The number of nitrogens with zero attached hydrogens (tertiary/aromatic N) is 4. The molecular weight excluding hydrogens is 407 g/mol. The zero-order chi connectivity index (χ0) is 21.4. The molecule has 30 heavy (non-hydrogen) atoms. The molecule has 4 rings (SSSR count). The van der Waals surface area contributed by atoms with Crippen LogP contribution in [0, 0.1) is 5.82 Å². The molecule has 0 aliphatic carbocycles. The number of allylic oxidation sites excluding steroid dienone is 1. The van der Waals surface area contributed by atoms with E-state index in [1.807, 2.05) is 0 Å². The maximum absolute atomic E-state index is 13.5. The van der Waals surface area contributed by atoms with Gasteiger partial charge in [0.15, 0.2) is 4.80 Å². The number of aromatic nitrogens is 3. The summed E-state index contributed by atoms with van der Waals surface area (Å²) in [6.45, 7) is 3.61. The van der Waals surface area contributed by atoms with E-state index < -0.39 is 17.8 Å². The molecule has 3 aromatic rings. The average Bonchev–Trinajstić information content (AvgIpc) is 3.24. The third kappa shape index (κ3) is 3.52. The van der Waals surface area contributed by atoms with E-state index in [1.165, 1.54) is 28.0 Å². The smallest absolute Gasteiger partial charge is 0.338 e. The molecule has 0 amide bonds. The molecule has 9 heteroatoms. The molecule has 2 aromatic heterocycles. The first kappa shape index (κ1) is 20.0. The number of fused-ring (bicyclic) bond motifs is 1. The van der Waals surface area contributed by atoms with Crippen molar-refractivity contribution in [1.29, 1.82) is 0 Å². The number of rotatable bonds is 4. The summed E-state index contributed by atoms with van der Waals surface area (Å²) in [6.07, 6.45) is 5.19. The van der Waals surface area contributed by atoms with Crippen molar-refractivity contribution >= 4 is 23.4 Å². The molecule has 1 atom stereocenters. The van der Waals surface area contributed by atoms with E-state index in [1.54, 1.807) is 56.2 Å². The number of carbonyl (C=O) groups is 1. The van der Waals surface area contributed by atoms with E-state index >= 15 is 0 Å². The van der Waals surface area contributed by atoms with Gasteiger partial charge in [-0.15, -0.1) is 0 Å².